The van der Waals surface area contributed by atoms with E-state index in [9.17, 15) is 9.59 Å². The molecule has 0 aromatic heterocycles. The van der Waals surface area contributed by atoms with Gasteiger partial charge in [-0.05, 0) is 42.0 Å². The van der Waals surface area contributed by atoms with E-state index in [2.05, 4.69) is 0 Å². The van der Waals surface area contributed by atoms with Gasteiger partial charge in [0.15, 0.2) is 5.78 Å². The highest BCUT2D eigenvalue weighted by atomic mass is 35.5. The van der Waals surface area contributed by atoms with Crippen molar-refractivity contribution in [3.63, 3.8) is 0 Å². The molecule has 0 unspecified atom stereocenters. The number of benzene rings is 3. The smallest absolute Gasteiger partial charge is 0.345 e. The van der Waals surface area contributed by atoms with Gasteiger partial charge in [0.2, 0.25) is 0 Å². The van der Waals surface area contributed by atoms with Crippen molar-refractivity contribution < 1.29 is 14.3 Å². The average Bonchev–Trinajstić information content (AvgIpc) is 2.67. The first-order valence-corrected chi connectivity index (χ1v) is 8.84. The lowest BCUT2D eigenvalue weighted by Crippen LogP contribution is -2.11. The maximum absolute atomic E-state index is 12.5. The van der Waals surface area contributed by atoms with Crippen LogP contribution in [0.1, 0.15) is 26.3 Å². The van der Waals surface area contributed by atoms with Crippen LogP contribution < -0.4 is 4.74 Å². The molecular weight excluding hydrogens is 383 g/mol. The van der Waals surface area contributed by atoms with Gasteiger partial charge in [-0.2, -0.15) is 0 Å². The fraction of sp³-hybridized carbons (Fsp3) is 0. The first kappa shape index (κ1) is 18.9. The predicted molar refractivity (Wildman–Crippen MR) is 108 cm³/mol. The summed E-state index contributed by atoms with van der Waals surface area (Å²) in [5.41, 5.74) is 1.35. The lowest BCUT2D eigenvalue weighted by atomic mass is 10.1. The highest BCUT2D eigenvalue weighted by Crippen LogP contribution is 2.25. The molecule has 5 heteroatoms. The third-order valence-electron chi connectivity index (χ3n) is 3.73. The van der Waals surface area contributed by atoms with E-state index in [4.69, 9.17) is 27.9 Å². The van der Waals surface area contributed by atoms with Gasteiger partial charge in [0.25, 0.3) is 0 Å². The second-order valence-corrected chi connectivity index (χ2v) is 6.46. The van der Waals surface area contributed by atoms with Crippen molar-refractivity contribution in [3.8, 4) is 5.75 Å². The SMILES string of the molecule is O=C(Oc1ccccc1C(=O)/C=C/c1ccccc1)c1ccc(Cl)cc1Cl. The molecule has 0 aliphatic carbocycles. The normalized spacial score (nSPS) is 10.7. The third-order valence-corrected chi connectivity index (χ3v) is 4.28. The summed E-state index contributed by atoms with van der Waals surface area (Å²) in [6.07, 6.45) is 3.15. The van der Waals surface area contributed by atoms with Gasteiger partial charge < -0.3 is 4.74 Å². The Morgan fingerprint density at radius 2 is 1.52 bits per heavy atom. The summed E-state index contributed by atoms with van der Waals surface area (Å²) in [5, 5.41) is 0.596. The number of carbonyl (C=O) groups excluding carboxylic acids is 2. The zero-order valence-electron chi connectivity index (χ0n) is 14.1. The second-order valence-electron chi connectivity index (χ2n) is 5.62. The molecule has 0 aliphatic rings. The summed E-state index contributed by atoms with van der Waals surface area (Å²) >= 11 is 11.9. The third kappa shape index (κ3) is 4.85. The van der Waals surface area contributed by atoms with Crippen LogP contribution in [-0.4, -0.2) is 11.8 Å². The topological polar surface area (TPSA) is 43.4 Å². The lowest BCUT2D eigenvalue weighted by Gasteiger charge is -2.09. The molecule has 0 atom stereocenters. The van der Waals surface area contributed by atoms with Crippen molar-refractivity contribution in [1.29, 1.82) is 0 Å². The number of rotatable bonds is 5. The second kappa shape index (κ2) is 8.67. The monoisotopic (exact) mass is 396 g/mol. The molecule has 0 spiro atoms. The van der Waals surface area contributed by atoms with Crippen molar-refractivity contribution in [2.24, 2.45) is 0 Å². The van der Waals surface area contributed by atoms with E-state index >= 15 is 0 Å². The fourth-order valence-corrected chi connectivity index (χ4v) is 2.88. The standard InChI is InChI=1S/C22H14Cl2O3/c23-16-11-12-17(19(24)14-16)22(26)27-21-9-5-4-8-18(21)20(25)13-10-15-6-2-1-3-7-15/h1-14H/b13-10+. The summed E-state index contributed by atoms with van der Waals surface area (Å²) in [6, 6.07) is 20.5. The van der Waals surface area contributed by atoms with Crippen LogP contribution in [0.25, 0.3) is 6.08 Å². The van der Waals surface area contributed by atoms with Crippen molar-refractivity contribution in [2.75, 3.05) is 0 Å². The van der Waals surface area contributed by atoms with E-state index in [-0.39, 0.29) is 27.7 Å². The Labute approximate surface area is 166 Å². The minimum atomic E-state index is -0.663. The number of para-hydroxylation sites is 1. The summed E-state index contributed by atoms with van der Waals surface area (Å²) in [6.45, 7) is 0. The van der Waals surface area contributed by atoms with Gasteiger partial charge in [0.05, 0.1) is 16.1 Å². The van der Waals surface area contributed by atoms with Crippen molar-refractivity contribution in [2.45, 2.75) is 0 Å². The Balaban J connectivity index is 1.82. The van der Waals surface area contributed by atoms with Crippen molar-refractivity contribution in [1.82, 2.24) is 0 Å². The first-order valence-electron chi connectivity index (χ1n) is 8.08. The number of hydrogen-bond donors (Lipinski definition) is 0. The molecule has 0 radical (unpaired) electrons. The van der Waals surface area contributed by atoms with E-state index < -0.39 is 5.97 Å². The van der Waals surface area contributed by atoms with Crippen molar-refractivity contribution >= 4 is 41.0 Å². The summed E-state index contributed by atoms with van der Waals surface area (Å²) in [5.74, 6) is -0.773. The highest BCUT2D eigenvalue weighted by molar-refractivity contribution is 6.36. The van der Waals surface area contributed by atoms with Crippen LogP contribution >= 0.6 is 23.2 Å². The molecule has 3 rings (SSSR count). The number of esters is 1. The van der Waals surface area contributed by atoms with Crippen LogP contribution in [0.15, 0.2) is 78.9 Å². The molecule has 0 heterocycles. The van der Waals surface area contributed by atoms with E-state index in [1.165, 1.54) is 18.2 Å². The molecule has 0 saturated heterocycles. The number of carbonyl (C=O) groups is 2. The highest BCUT2D eigenvalue weighted by Gasteiger charge is 2.17. The summed E-state index contributed by atoms with van der Waals surface area (Å²) < 4.78 is 5.40. The Morgan fingerprint density at radius 1 is 0.815 bits per heavy atom. The quantitative estimate of drug-likeness (QED) is 0.226. The molecule has 3 aromatic carbocycles. The molecule has 0 bridgehead atoms. The Morgan fingerprint density at radius 3 is 2.26 bits per heavy atom. The Kier molecular flexibility index (Phi) is 6.07. The van der Waals surface area contributed by atoms with Gasteiger partial charge in [-0.15, -0.1) is 0 Å². The molecule has 0 fully saturated rings. The van der Waals surface area contributed by atoms with E-state index in [0.29, 0.717) is 5.02 Å². The predicted octanol–water partition coefficient (Wildman–Crippen LogP) is 6.11. The Hall–Kier alpha value is -2.88. The van der Waals surface area contributed by atoms with E-state index in [1.807, 2.05) is 30.3 Å². The van der Waals surface area contributed by atoms with Crippen LogP contribution in [0.3, 0.4) is 0 Å². The molecule has 0 amide bonds. The van der Waals surface area contributed by atoms with Gasteiger partial charge >= 0.3 is 5.97 Å². The van der Waals surface area contributed by atoms with Gasteiger partial charge in [-0.1, -0.05) is 71.7 Å². The number of ketones is 1. The zero-order chi connectivity index (χ0) is 19.2. The minimum absolute atomic E-state index is 0.163. The van der Waals surface area contributed by atoms with Crippen LogP contribution in [0.4, 0.5) is 0 Å². The molecule has 0 aliphatic heterocycles. The molecule has 0 saturated carbocycles. The van der Waals surface area contributed by atoms with Crippen molar-refractivity contribution in [3.05, 3.63) is 106 Å². The maximum atomic E-state index is 12.5. The lowest BCUT2D eigenvalue weighted by molar-refractivity contribution is 0.0733. The van der Waals surface area contributed by atoms with Crippen LogP contribution in [-0.2, 0) is 0 Å². The number of allylic oxidation sites excluding steroid dienone is 1. The largest absolute Gasteiger partial charge is 0.422 e. The molecule has 134 valence electrons. The molecule has 3 aromatic rings. The maximum Gasteiger partial charge on any atom is 0.345 e. The van der Waals surface area contributed by atoms with E-state index in [1.54, 1.807) is 36.4 Å². The molecule has 27 heavy (non-hydrogen) atoms. The van der Waals surface area contributed by atoms with Gasteiger partial charge in [-0.25, -0.2) is 4.79 Å². The van der Waals surface area contributed by atoms with Gasteiger partial charge in [-0.3, -0.25) is 4.79 Å². The van der Waals surface area contributed by atoms with Crippen LogP contribution in [0.2, 0.25) is 10.0 Å². The Bertz CT molecular complexity index is 1010. The van der Waals surface area contributed by atoms with E-state index in [0.717, 1.165) is 5.56 Å². The van der Waals surface area contributed by atoms with Gasteiger partial charge in [0, 0.05) is 5.02 Å². The fourth-order valence-electron chi connectivity index (χ4n) is 2.39. The summed E-state index contributed by atoms with van der Waals surface area (Å²) in [7, 11) is 0. The molecule has 3 nitrogen and oxygen atoms in total. The zero-order valence-corrected chi connectivity index (χ0v) is 15.6. The molecular formula is C22H14Cl2O3. The van der Waals surface area contributed by atoms with Crippen LogP contribution in [0.5, 0.6) is 5.75 Å². The average molecular weight is 397 g/mol. The molecule has 0 N–H and O–H groups in total. The van der Waals surface area contributed by atoms with Crippen LogP contribution in [0, 0.1) is 0 Å². The minimum Gasteiger partial charge on any atom is -0.422 e. The first-order chi connectivity index (χ1) is 13.0. The number of ether oxygens (including phenoxy) is 1. The summed E-state index contributed by atoms with van der Waals surface area (Å²) in [4.78, 5) is 25.0. The van der Waals surface area contributed by atoms with Gasteiger partial charge in [0.1, 0.15) is 5.75 Å². The number of hydrogen-bond acceptors (Lipinski definition) is 3. The number of halogens is 2.